The van der Waals surface area contributed by atoms with Gasteiger partial charge in [0.2, 0.25) is 5.91 Å². The highest BCUT2D eigenvalue weighted by molar-refractivity contribution is 5.84. The van der Waals surface area contributed by atoms with Crippen LogP contribution in [0.5, 0.6) is 0 Å². The molecule has 4 nitrogen and oxygen atoms in total. The number of amides is 1. The average molecular weight is 239 g/mol. The number of hydrogen-bond donors (Lipinski definition) is 2. The summed E-state index contributed by atoms with van der Waals surface area (Å²) in [4.78, 5) is 23.0. The Hall–Kier alpha value is -1.32. The summed E-state index contributed by atoms with van der Waals surface area (Å²) >= 11 is 0. The molecule has 96 valence electrons. The normalized spacial score (nSPS) is 23.9. The smallest absolute Gasteiger partial charge is 0.307 e. The van der Waals surface area contributed by atoms with Crippen molar-refractivity contribution in [2.24, 2.45) is 11.8 Å². The van der Waals surface area contributed by atoms with Crippen LogP contribution < -0.4 is 5.32 Å². The van der Waals surface area contributed by atoms with E-state index < -0.39 is 11.9 Å². The van der Waals surface area contributed by atoms with Crippen molar-refractivity contribution < 1.29 is 14.7 Å². The van der Waals surface area contributed by atoms with Crippen LogP contribution in [0.3, 0.4) is 0 Å². The minimum absolute atomic E-state index is 0.116. The number of rotatable bonds is 4. The predicted octanol–water partition coefficient (Wildman–Crippen LogP) is 1.96. The van der Waals surface area contributed by atoms with Crippen molar-refractivity contribution in [3.05, 3.63) is 11.6 Å². The molecule has 0 saturated heterocycles. The minimum atomic E-state index is -0.841. The fourth-order valence-electron chi connectivity index (χ4n) is 2.23. The van der Waals surface area contributed by atoms with E-state index in [9.17, 15) is 9.59 Å². The van der Waals surface area contributed by atoms with E-state index in [1.807, 2.05) is 19.9 Å². The molecule has 0 aromatic rings. The van der Waals surface area contributed by atoms with E-state index in [0.717, 1.165) is 18.4 Å². The van der Waals surface area contributed by atoms with Gasteiger partial charge in [-0.15, -0.1) is 0 Å². The van der Waals surface area contributed by atoms with Crippen molar-refractivity contribution in [1.82, 2.24) is 5.32 Å². The van der Waals surface area contributed by atoms with Gasteiger partial charge in [0.05, 0.1) is 11.8 Å². The van der Waals surface area contributed by atoms with Crippen molar-refractivity contribution in [2.75, 3.05) is 6.54 Å². The molecule has 2 atom stereocenters. The van der Waals surface area contributed by atoms with Crippen LogP contribution in [0.1, 0.15) is 39.5 Å². The van der Waals surface area contributed by atoms with Crippen LogP contribution in [-0.4, -0.2) is 23.5 Å². The van der Waals surface area contributed by atoms with E-state index in [1.165, 1.54) is 0 Å². The summed E-state index contributed by atoms with van der Waals surface area (Å²) in [5, 5.41) is 11.9. The zero-order valence-electron chi connectivity index (χ0n) is 10.5. The van der Waals surface area contributed by atoms with Gasteiger partial charge < -0.3 is 10.4 Å². The van der Waals surface area contributed by atoms with Crippen LogP contribution in [0, 0.1) is 11.8 Å². The molecule has 0 aliphatic heterocycles. The summed E-state index contributed by atoms with van der Waals surface area (Å²) < 4.78 is 0. The Balaban J connectivity index is 2.53. The first kappa shape index (κ1) is 13.7. The largest absolute Gasteiger partial charge is 0.481 e. The standard InChI is InChI=1S/C13H21NO3/c1-9(2)7-8-14-12(15)10-5-3-4-6-11(10)13(16)17/h7,10-11H,3-6,8H2,1-2H3,(H,14,15)(H,16,17)/t10-,11+/m1/s1. The molecule has 1 aliphatic carbocycles. The first-order valence-electron chi connectivity index (χ1n) is 6.16. The molecule has 0 spiro atoms. The molecule has 1 amide bonds. The fraction of sp³-hybridized carbons (Fsp3) is 0.692. The molecule has 0 aromatic heterocycles. The SMILES string of the molecule is CC(C)=CCNC(=O)[C@@H]1CCCC[C@@H]1C(=O)O. The maximum Gasteiger partial charge on any atom is 0.307 e. The average Bonchev–Trinajstić information content (AvgIpc) is 2.28. The Morgan fingerprint density at radius 1 is 1.24 bits per heavy atom. The summed E-state index contributed by atoms with van der Waals surface area (Å²) in [6.45, 7) is 4.42. The Kier molecular flexibility index (Phi) is 5.19. The molecule has 4 heteroatoms. The van der Waals surface area contributed by atoms with Gasteiger partial charge in [0.1, 0.15) is 0 Å². The van der Waals surface area contributed by atoms with Crippen molar-refractivity contribution in [3.8, 4) is 0 Å². The highest BCUT2D eigenvalue weighted by Crippen LogP contribution is 2.30. The first-order chi connectivity index (χ1) is 8.02. The lowest BCUT2D eigenvalue weighted by Gasteiger charge is -2.27. The molecule has 1 aliphatic rings. The summed E-state index contributed by atoms with van der Waals surface area (Å²) in [6.07, 6.45) is 5.10. The van der Waals surface area contributed by atoms with Crippen LogP contribution in [0.4, 0.5) is 0 Å². The Labute approximate surface area is 102 Å². The van der Waals surface area contributed by atoms with Gasteiger partial charge in [-0.3, -0.25) is 9.59 Å². The topological polar surface area (TPSA) is 66.4 Å². The lowest BCUT2D eigenvalue weighted by molar-refractivity contribution is -0.148. The molecule has 0 aromatic carbocycles. The molecule has 0 heterocycles. The molecule has 0 unspecified atom stereocenters. The molecule has 1 fully saturated rings. The maximum atomic E-state index is 11.9. The van der Waals surface area contributed by atoms with Crippen LogP contribution in [0.15, 0.2) is 11.6 Å². The summed E-state index contributed by atoms with van der Waals surface area (Å²) in [5.41, 5.74) is 1.14. The Morgan fingerprint density at radius 2 is 1.82 bits per heavy atom. The van der Waals surface area contributed by atoms with Crippen LogP contribution in [0.2, 0.25) is 0 Å². The van der Waals surface area contributed by atoms with Crippen LogP contribution in [-0.2, 0) is 9.59 Å². The molecule has 1 saturated carbocycles. The number of hydrogen-bond acceptors (Lipinski definition) is 2. The van der Waals surface area contributed by atoms with Gasteiger partial charge in [-0.05, 0) is 26.7 Å². The zero-order chi connectivity index (χ0) is 12.8. The minimum Gasteiger partial charge on any atom is -0.481 e. The van der Waals surface area contributed by atoms with Gasteiger partial charge in [-0.2, -0.15) is 0 Å². The Bertz CT molecular complexity index is 319. The van der Waals surface area contributed by atoms with Crippen molar-refractivity contribution in [1.29, 1.82) is 0 Å². The van der Waals surface area contributed by atoms with Crippen molar-refractivity contribution in [3.63, 3.8) is 0 Å². The van der Waals surface area contributed by atoms with Gasteiger partial charge >= 0.3 is 5.97 Å². The number of aliphatic carboxylic acids is 1. The summed E-state index contributed by atoms with van der Waals surface area (Å²) in [5.74, 6) is -1.82. The number of carboxylic acid groups (broad SMARTS) is 1. The molecule has 17 heavy (non-hydrogen) atoms. The van der Waals surface area contributed by atoms with E-state index in [0.29, 0.717) is 19.4 Å². The van der Waals surface area contributed by atoms with E-state index in [2.05, 4.69) is 5.32 Å². The first-order valence-corrected chi connectivity index (χ1v) is 6.16. The molecule has 0 bridgehead atoms. The van der Waals surface area contributed by atoms with Gasteiger partial charge in [0, 0.05) is 6.54 Å². The highest BCUT2D eigenvalue weighted by atomic mass is 16.4. The van der Waals surface area contributed by atoms with Crippen molar-refractivity contribution >= 4 is 11.9 Å². The molecular weight excluding hydrogens is 218 g/mol. The fourth-order valence-corrected chi connectivity index (χ4v) is 2.23. The molecular formula is C13H21NO3. The lowest BCUT2D eigenvalue weighted by atomic mass is 9.79. The number of carbonyl (C=O) groups is 2. The summed E-state index contributed by atoms with van der Waals surface area (Å²) in [7, 11) is 0. The predicted molar refractivity (Wildman–Crippen MR) is 65.5 cm³/mol. The summed E-state index contributed by atoms with van der Waals surface area (Å²) in [6, 6.07) is 0. The number of carboxylic acids is 1. The third-order valence-corrected chi connectivity index (χ3v) is 3.21. The highest BCUT2D eigenvalue weighted by Gasteiger charge is 2.35. The lowest BCUT2D eigenvalue weighted by Crippen LogP contribution is -2.39. The monoisotopic (exact) mass is 239 g/mol. The Morgan fingerprint density at radius 3 is 2.35 bits per heavy atom. The van der Waals surface area contributed by atoms with Crippen LogP contribution in [0.25, 0.3) is 0 Å². The van der Waals surface area contributed by atoms with E-state index in [-0.39, 0.29) is 11.8 Å². The van der Waals surface area contributed by atoms with Gasteiger partial charge in [0.15, 0.2) is 0 Å². The van der Waals surface area contributed by atoms with E-state index in [4.69, 9.17) is 5.11 Å². The molecule has 2 N–H and O–H groups in total. The third-order valence-electron chi connectivity index (χ3n) is 3.21. The second-order valence-electron chi connectivity index (χ2n) is 4.86. The molecule has 0 radical (unpaired) electrons. The third kappa shape index (κ3) is 4.21. The zero-order valence-corrected chi connectivity index (χ0v) is 10.5. The van der Waals surface area contributed by atoms with Gasteiger partial charge in [-0.25, -0.2) is 0 Å². The maximum absolute atomic E-state index is 11.9. The van der Waals surface area contributed by atoms with Gasteiger partial charge in [-0.1, -0.05) is 24.5 Å². The van der Waals surface area contributed by atoms with E-state index >= 15 is 0 Å². The number of allylic oxidation sites excluding steroid dienone is 1. The van der Waals surface area contributed by atoms with E-state index in [1.54, 1.807) is 0 Å². The molecule has 1 rings (SSSR count). The number of nitrogens with one attached hydrogen (secondary N) is 1. The van der Waals surface area contributed by atoms with Gasteiger partial charge in [0.25, 0.3) is 0 Å². The van der Waals surface area contributed by atoms with Crippen molar-refractivity contribution in [2.45, 2.75) is 39.5 Å². The quantitative estimate of drug-likeness (QED) is 0.737. The van der Waals surface area contributed by atoms with Crippen LogP contribution >= 0.6 is 0 Å². The second-order valence-corrected chi connectivity index (χ2v) is 4.86. The number of carbonyl (C=O) groups excluding carboxylic acids is 1. The second kappa shape index (κ2) is 6.42.